The fourth-order valence-electron chi connectivity index (χ4n) is 3.72. The van der Waals surface area contributed by atoms with Gasteiger partial charge in [0.05, 0.1) is 14.2 Å². The standard InChI is InChI=1S/C25H20I2O2/c1-28-18-10-8-17(9-11-18)24-20-13-12-19(29-2)14-21(20)23(22(15-26)25(24)27)16-6-4-3-5-7-16/h3-14H,15H2,1-2H3. The van der Waals surface area contributed by atoms with Gasteiger partial charge in [-0.1, -0.05) is 71.1 Å². The summed E-state index contributed by atoms with van der Waals surface area (Å²) in [6, 6.07) is 25.3. The van der Waals surface area contributed by atoms with Gasteiger partial charge in [-0.2, -0.15) is 0 Å². The van der Waals surface area contributed by atoms with E-state index < -0.39 is 0 Å². The van der Waals surface area contributed by atoms with E-state index in [-0.39, 0.29) is 0 Å². The minimum Gasteiger partial charge on any atom is -0.497 e. The maximum atomic E-state index is 5.57. The van der Waals surface area contributed by atoms with Gasteiger partial charge in [0.25, 0.3) is 0 Å². The average molecular weight is 606 g/mol. The van der Waals surface area contributed by atoms with Crippen LogP contribution in [0.2, 0.25) is 0 Å². The van der Waals surface area contributed by atoms with Crippen molar-refractivity contribution in [1.82, 2.24) is 0 Å². The fourth-order valence-corrected chi connectivity index (χ4v) is 6.27. The molecule has 0 fully saturated rings. The van der Waals surface area contributed by atoms with Crippen molar-refractivity contribution in [3.05, 3.63) is 81.9 Å². The quantitative estimate of drug-likeness (QED) is 0.171. The van der Waals surface area contributed by atoms with Gasteiger partial charge in [-0.15, -0.1) is 0 Å². The van der Waals surface area contributed by atoms with Crippen molar-refractivity contribution in [2.24, 2.45) is 0 Å². The van der Waals surface area contributed by atoms with Crippen molar-refractivity contribution in [1.29, 1.82) is 0 Å². The highest BCUT2D eigenvalue weighted by Gasteiger charge is 2.20. The number of fused-ring (bicyclic) bond motifs is 1. The lowest BCUT2D eigenvalue weighted by molar-refractivity contribution is 0.415. The van der Waals surface area contributed by atoms with Crippen LogP contribution >= 0.6 is 45.2 Å². The smallest absolute Gasteiger partial charge is 0.119 e. The zero-order chi connectivity index (χ0) is 20.4. The number of halogens is 2. The molecule has 0 spiro atoms. The number of methoxy groups -OCH3 is 2. The highest BCUT2D eigenvalue weighted by molar-refractivity contribution is 14.1. The van der Waals surface area contributed by atoms with Crippen molar-refractivity contribution in [3.63, 3.8) is 0 Å². The molecule has 4 aromatic rings. The Balaban J connectivity index is 2.11. The van der Waals surface area contributed by atoms with Gasteiger partial charge in [0.15, 0.2) is 0 Å². The normalized spacial score (nSPS) is 10.9. The second kappa shape index (κ2) is 8.92. The van der Waals surface area contributed by atoms with E-state index in [1.165, 1.54) is 42.2 Å². The summed E-state index contributed by atoms with van der Waals surface area (Å²) >= 11 is 4.99. The van der Waals surface area contributed by atoms with Gasteiger partial charge in [0, 0.05) is 13.6 Å². The average Bonchev–Trinajstić information content (AvgIpc) is 2.78. The summed E-state index contributed by atoms with van der Waals surface area (Å²) in [6.07, 6.45) is 0. The van der Waals surface area contributed by atoms with Crippen molar-refractivity contribution in [3.8, 4) is 33.8 Å². The molecular weight excluding hydrogens is 586 g/mol. The molecule has 0 aliphatic carbocycles. The highest BCUT2D eigenvalue weighted by Crippen LogP contribution is 2.44. The third-order valence-corrected chi connectivity index (χ3v) is 7.08. The first kappa shape index (κ1) is 20.5. The third-order valence-electron chi connectivity index (χ3n) is 5.13. The number of hydrogen-bond donors (Lipinski definition) is 0. The van der Waals surface area contributed by atoms with E-state index in [1.54, 1.807) is 14.2 Å². The van der Waals surface area contributed by atoms with Crippen LogP contribution in [0.15, 0.2) is 72.8 Å². The van der Waals surface area contributed by atoms with Gasteiger partial charge >= 0.3 is 0 Å². The Morgan fingerprint density at radius 1 is 0.690 bits per heavy atom. The molecule has 2 nitrogen and oxygen atoms in total. The molecule has 0 heterocycles. The Morgan fingerprint density at radius 2 is 1.31 bits per heavy atom. The van der Waals surface area contributed by atoms with Gasteiger partial charge < -0.3 is 9.47 Å². The van der Waals surface area contributed by atoms with E-state index in [0.29, 0.717) is 0 Å². The first-order valence-electron chi connectivity index (χ1n) is 9.25. The number of benzene rings is 4. The maximum Gasteiger partial charge on any atom is 0.119 e. The molecular formula is C25H20I2O2. The van der Waals surface area contributed by atoms with Gasteiger partial charge in [0.1, 0.15) is 11.5 Å². The Hall–Kier alpha value is -1.80. The summed E-state index contributed by atoms with van der Waals surface area (Å²) in [4.78, 5) is 0. The summed E-state index contributed by atoms with van der Waals surface area (Å²) in [5.41, 5.74) is 6.32. The Morgan fingerprint density at radius 3 is 1.93 bits per heavy atom. The van der Waals surface area contributed by atoms with Crippen LogP contribution in [0.4, 0.5) is 0 Å². The molecule has 0 unspecified atom stereocenters. The summed E-state index contributed by atoms with van der Waals surface area (Å²) in [5, 5.41) is 2.45. The Kier molecular flexibility index (Phi) is 6.29. The van der Waals surface area contributed by atoms with Crippen molar-refractivity contribution >= 4 is 56.0 Å². The van der Waals surface area contributed by atoms with Gasteiger partial charge in [-0.25, -0.2) is 0 Å². The molecule has 29 heavy (non-hydrogen) atoms. The molecule has 0 saturated heterocycles. The summed E-state index contributed by atoms with van der Waals surface area (Å²) in [6.45, 7) is 0. The van der Waals surface area contributed by atoms with Crippen LogP contribution in [0.25, 0.3) is 33.0 Å². The van der Waals surface area contributed by atoms with Crippen LogP contribution in [-0.4, -0.2) is 14.2 Å². The van der Waals surface area contributed by atoms with Crippen molar-refractivity contribution in [2.75, 3.05) is 14.2 Å². The topological polar surface area (TPSA) is 18.5 Å². The molecule has 4 rings (SSSR count). The minimum absolute atomic E-state index is 0.866. The van der Waals surface area contributed by atoms with Crippen LogP contribution in [-0.2, 0) is 4.43 Å². The number of hydrogen-bond acceptors (Lipinski definition) is 2. The van der Waals surface area contributed by atoms with Crippen LogP contribution in [0.3, 0.4) is 0 Å². The molecule has 0 bridgehead atoms. The molecule has 4 aromatic carbocycles. The number of alkyl halides is 1. The van der Waals surface area contributed by atoms with E-state index in [9.17, 15) is 0 Å². The van der Waals surface area contributed by atoms with Gasteiger partial charge in [0.2, 0.25) is 0 Å². The van der Waals surface area contributed by atoms with Gasteiger partial charge in [-0.05, 0) is 79.9 Å². The van der Waals surface area contributed by atoms with Crippen LogP contribution in [0.1, 0.15) is 5.56 Å². The molecule has 0 saturated carbocycles. The molecule has 0 atom stereocenters. The Labute approximate surface area is 198 Å². The minimum atomic E-state index is 0.866. The lowest BCUT2D eigenvalue weighted by Gasteiger charge is -2.20. The van der Waals surface area contributed by atoms with E-state index in [1.807, 2.05) is 18.2 Å². The largest absolute Gasteiger partial charge is 0.497 e. The second-order valence-corrected chi connectivity index (χ2v) is 8.52. The number of rotatable bonds is 5. The predicted molar refractivity (Wildman–Crippen MR) is 138 cm³/mol. The summed E-state index contributed by atoms with van der Waals surface area (Å²) in [5.74, 6) is 1.74. The monoisotopic (exact) mass is 606 g/mol. The zero-order valence-corrected chi connectivity index (χ0v) is 20.5. The molecule has 0 aliphatic rings. The molecule has 0 N–H and O–H groups in total. The first-order valence-corrected chi connectivity index (χ1v) is 11.9. The third kappa shape index (κ3) is 3.84. The van der Waals surface area contributed by atoms with Crippen LogP contribution in [0.5, 0.6) is 11.5 Å². The molecule has 0 amide bonds. The maximum absolute atomic E-state index is 5.57. The fraction of sp³-hybridized carbons (Fsp3) is 0.120. The lowest BCUT2D eigenvalue weighted by Crippen LogP contribution is -1.98. The first-order chi connectivity index (χ1) is 14.2. The molecule has 0 aliphatic heterocycles. The predicted octanol–water partition coefficient (Wildman–Crippen LogP) is 7.73. The molecule has 0 aromatic heterocycles. The highest BCUT2D eigenvalue weighted by atomic mass is 127. The van der Waals surface area contributed by atoms with Crippen molar-refractivity contribution in [2.45, 2.75) is 4.43 Å². The van der Waals surface area contributed by atoms with E-state index in [4.69, 9.17) is 9.47 Å². The summed E-state index contributed by atoms with van der Waals surface area (Å²) in [7, 11) is 3.42. The van der Waals surface area contributed by atoms with E-state index >= 15 is 0 Å². The van der Waals surface area contributed by atoms with E-state index in [0.717, 1.165) is 15.9 Å². The van der Waals surface area contributed by atoms with Crippen molar-refractivity contribution < 1.29 is 9.47 Å². The molecule has 146 valence electrons. The van der Waals surface area contributed by atoms with Gasteiger partial charge in [-0.3, -0.25) is 0 Å². The SMILES string of the molecule is COc1ccc(-c2c(I)c(CI)c(-c3ccccc3)c3cc(OC)ccc23)cc1. The second-order valence-electron chi connectivity index (χ2n) is 6.68. The lowest BCUT2D eigenvalue weighted by atomic mass is 9.88. The van der Waals surface area contributed by atoms with E-state index in [2.05, 4.69) is 99.8 Å². The Bertz CT molecular complexity index is 1150. The molecule has 0 radical (unpaired) electrons. The number of ether oxygens (including phenoxy) is 2. The summed E-state index contributed by atoms with van der Waals surface area (Å²) < 4.78 is 13.1. The molecule has 4 heteroatoms. The zero-order valence-electron chi connectivity index (χ0n) is 16.2. The van der Waals surface area contributed by atoms with Crippen LogP contribution in [0, 0.1) is 3.57 Å². The van der Waals surface area contributed by atoms with Crippen LogP contribution < -0.4 is 9.47 Å².